The lowest BCUT2D eigenvalue weighted by molar-refractivity contribution is -0.393. The van der Waals surface area contributed by atoms with E-state index in [4.69, 9.17) is 4.74 Å². The Morgan fingerprint density at radius 3 is 2.28 bits per heavy atom. The second kappa shape index (κ2) is 9.32. The highest BCUT2D eigenvalue weighted by molar-refractivity contribution is 5.74. The van der Waals surface area contributed by atoms with Gasteiger partial charge in [-0.3, -0.25) is 20.2 Å². The van der Waals surface area contributed by atoms with Crippen LogP contribution in [0.4, 0.5) is 22.7 Å². The fourth-order valence-electron chi connectivity index (χ4n) is 2.83. The minimum absolute atomic E-state index is 0.154. The largest absolute Gasteiger partial charge is 0.491 e. The van der Waals surface area contributed by atoms with Gasteiger partial charge in [0.1, 0.15) is 11.4 Å². The molecule has 0 spiro atoms. The molecule has 3 aromatic carbocycles. The topological polar surface area (TPSA) is 108 Å². The van der Waals surface area contributed by atoms with Crippen molar-refractivity contribution in [2.24, 2.45) is 0 Å². The van der Waals surface area contributed by atoms with E-state index in [1.54, 1.807) is 18.2 Å². The summed E-state index contributed by atoms with van der Waals surface area (Å²) >= 11 is 0. The summed E-state index contributed by atoms with van der Waals surface area (Å²) in [5.74, 6) is 0.549. The first kappa shape index (κ1) is 19.8. The lowest BCUT2D eigenvalue weighted by Crippen LogP contribution is -2.03. The maximum Gasteiger partial charge on any atom is 0.299 e. The van der Waals surface area contributed by atoms with Crippen LogP contribution in [0.15, 0.2) is 72.8 Å². The Hall–Kier alpha value is -3.94. The van der Waals surface area contributed by atoms with Gasteiger partial charge in [-0.25, -0.2) is 0 Å². The molecule has 1 N–H and O–H groups in total. The normalized spacial score (nSPS) is 10.3. The van der Waals surface area contributed by atoms with Crippen LogP contribution in [0.25, 0.3) is 0 Å². The average molecular weight is 393 g/mol. The molecule has 0 bridgehead atoms. The lowest BCUT2D eigenvalue weighted by atomic mass is 10.1. The first-order chi connectivity index (χ1) is 14.0. The first-order valence-electron chi connectivity index (χ1n) is 9.00. The summed E-state index contributed by atoms with van der Waals surface area (Å²) in [4.78, 5) is 20.9. The molecule has 0 aliphatic rings. The van der Waals surface area contributed by atoms with Crippen LogP contribution in [-0.2, 0) is 6.42 Å². The molecule has 0 saturated heterocycles. The molecule has 0 aliphatic heterocycles. The number of anilines is 2. The van der Waals surface area contributed by atoms with Crippen LogP contribution < -0.4 is 10.1 Å². The number of ether oxygens (including phenoxy) is 1. The second-order valence-corrected chi connectivity index (χ2v) is 6.27. The summed E-state index contributed by atoms with van der Waals surface area (Å²) in [6, 6.07) is 20.6. The van der Waals surface area contributed by atoms with Gasteiger partial charge in [-0.05, 0) is 36.6 Å². The Bertz CT molecular complexity index is 1010. The van der Waals surface area contributed by atoms with Crippen LogP contribution in [-0.4, -0.2) is 16.5 Å². The average Bonchev–Trinajstić information content (AvgIpc) is 2.73. The van der Waals surface area contributed by atoms with E-state index in [2.05, 4.69) is 17.4 Å². The molecule has 0 fully saturated rings. The number of nitro groups is 2. The minimum Gasteiger partial charge on any atom is -0.491 e. The van der Waals surface area contributed by atoms with Gasteiger partial charge in [-0.1, -0.05) is 42.5 Å². The Morgan fingerprint density at radius 2 is 1.55 bits per heavy atom. The molecular weight excluding hydrogens is 374 g/mol. The third-order valence-electron chi connectivity index (χ3n) is 4.26. The summed E-state index contributed by atoms with van der Waals surface area (Å²) in [6.45, 7) is 0.482. The SMILES string of the molecule is O=[N+]([O-])c1ccc(Nc2ccccc2OCCCc2ccccc2)c([N+](=O)[O-])c1. The summed E-state index contributed by atoms with van der Waals surface area (Å²) in [7, 11) is 0. The van der Waals surface area contributed by atoms with Crippen molar-refractivity contribution in [1.82, 2.24) is 0 Å². The van der Waals surface area contributed by atoms with E-state index >= 15 is 0 Å². The smallest absolute Gasteiger partial charge is 0.299 e. The molecule has 0 saturated carbocycles. The van der Waals surface area contributed by atoms with E-state index in [0.717, 1.165) is 18.9 Å². The number of aryl methyl sites for hydroxylation is 1. The van der Waals surface area contributed by atoms with E-state index < -0.39 is 9.85 Å². The van der Waals surface area contributed by atoms with Crippen molar-refractivity contribution >= 4 is 22.7 Å². The van der Waals surface area contributed by atoms with Crippen molar-refractivity contribution in [1.29, 1.82) is 0 Å². The van der Waals surface area contributed by atoms with E-state index in [0.29, 0.717) is 18.0 Å². The highest BCUT2D eigenvalue weighted by atomic mass is 16.6. The molecule has 8 nitrogen and oxygen atoms in total. The summed E-state index contributed by atoms with van der Waals surface area (Å²) < 4.78 is 5.85. The fourth-order valence-corrected chi connectivity index (χ4v) is 2.83. The fraction of sp³-hybridized carbons (Fsp3) is 0.143. The van der Waals surface area contributed by atoms with E-state index in [9.17, 15) is 20.2 Å². The minimum atomic E-state index is -0.666. The Labute approximate surface area is 167 Å². The standard InChI is InChI=1S/C21H19N3O5/c25-23(26)17-12-13-18(20(15-17)24(27)28)22-19-10-4-5-11-21(19)29-14-6-9-16-7-2-1-3-8-16/h1-5,7-8,10-13,15,22H,6,9,14H2. The maximum absolute atomic E-state index is 11.3. The molecule has 3 rings (SSSR count). The predicted octanol–water partition coefficient (Wildman–Crippen LogP) is 5.26. The van der Waals surface area contributed by atoms with Gasteiger partial charge in [-0.2, -0.15) is 0 Å². The number of non-ortho nitro benzene ring substituents is 1. The van der Waals surface area contributed by atoms with Gasteiger partial charge in [0.15, 0.2) is 0 Å². The van der Waals surface area contributed by atoms with Crippen molar-refractivity contribution in [3.63, 3.8) is 0 Å². The molecule has 148 valence electrons. The lowest BCUT2D eigenvalue weighted by Gasteiger charge is -2.13. The van der Waals surface area contributed by atoms with Gasteiger partial charge in [0.2, 0.25) is 0 Å². The molecule has 0 heterocycles. The zero-order valence-electron chi connectivity index (χ0n) is 15.5. The van der Waals surface area contributed by atoms with Crippen LogP contribution in [0.1, 0.15) is 12.0 Å². The first-order valence-corrected chi connectivity index (χ1v) is 9.00. The van der Waals surface area contributed by atoms with E-state index in [1.165, 1.54) is 17.7 Å². The second-order valence-electron chi connectivity index (χ2n) is 6.27. The van der Waals surface area contributed by atoms with Gasteiger partial charge in [0, 0.05) is 6.07 Å². The number of rotatable bonds is 9. The van der Waals surface area contributed by atoms with Crippen LogP contribution >= 0.6 is 0 Å². The monoisotopic (exact) mass is 393 g/mol. The highest BCUT2D eigenvalue weighted by Gasteiger charge is 2.20. The molecule has 8 heteroatoms. The van der Waals surface area contributed by atoms with Crippen molar-refractivity contribution < 1.29 is 14.6 Å². The number of para-hydroxylation sites is 2. The molecule has 0 radical (unpaired) electrons. The van der Waals surface area contributed by atoms with Gasteiger partial charge in [0.05, 0.1) is 28.2 Å². The van der Waals surface area contributed by atoms with Crippen LogP contribution in [0.2, 0.25) is 0 Å². The van der Waals surface area contributed by atoms with Crippen molar-refractivity contribution in [3.8, 4) is 5.75 Å². The number of hydrogen-bond donors (Lipinski definition) is 1. The molecule has 3 aromatic rings. The molecule has 0 atom stereocenters. The molecule has 0 amide bonds. The van der Waals surface area contributed by atoms with Crippen LogP contribution in [0, 0.1) is 20.2 Å². The van der Waals surface area contributed by atoms with E-state index in [1.807, 2.05) is 24.3 Å². The number of benzene rings is 3. The molecule has 0 unspecified atom stereocenters. The Morgan fingerprint density at radius 1 is 0.828 bits per heavy atom. The summed E-state index contributed by atoms with van der Waals surface area (Å²) in [5, 5.41) is 25.2. The van der Waals surface area contributed by atoms with Crippen molar-refractivity contribution in [3.05, 3.63) is 98.6 Å². The molecule has 0 aromatic heterocycles. The van der Waals surface area contributed by atoms with Gasteiger partial charge in [0.25, 0.3) is 11.4 Å². The molecule has 29 heavy (non-hydrogen) atoms. The van der Waals surface area contributed by atoms with Gasteiger partial charge >= 0.3 is 0 Å². The summed E-state index contributed by atoms with van der Waals surface area (Å²) in [5.41, 5.74) is 1.21. The molecule has 0 aliphatic carbocycles. The van der Waals surface area contributed by atoms with Crippen molar-refractivity contribution in [2.45, 2.75) is 12.8 Å². The number of nitrogens with zero attached hydrogens (tertiary/aromatic N) is 2. The quantitative estimate of drug-likeness (QED) is 0.302. The van der Waals surface area contributed by atoms with Crippen LogP contribution in [0.3, 0.4) is 0 Å². The van der Waals surface area contributed by atoms with Crippen LogP contribution in [0.5, 0.6) is 5.75 Å². The Balaban J connectivity index is 1.70. The highest BCUT2D eigenvalue weighted by Crippen LogP contribution is 2.34. The Kier molecular flexibility index (Phi) is 6.36. The predicted molar refractivity (Wildman–Crippen MR) is 110 cm³/mol. The third kappa shape index (κ3) is 5.29. The zero-order chi connectivity index (χ0) is 20.6. The van der Waals surface area contributed by atoms with Gasteiger partial charge < -0.3 is 10.1 Å². The number of nitrogens with one attached hydrogen (secondary N) is 1. The van der Waals surface area contributed by atoms with Gasteiger partial charge in [-0.15, -0.1) is 0 Å². The molecular formula is C21H19N3O5. The van der Waals surface area contributed by atoms with Crippen molar-refractivity contribution in [2.75, 3.05) is 11.9 Å². The number of nitro benzene ring substituents is 2. The maximum atomic E-state index is 11.3. The van der Waals surface area contributed by atoms with E-state index in [-0.39, 0.29) is 17.1 Å². The summed E-state index contributed by atoms with van der Waals surface area (Å²) in [6.07, 6.45) is 1.69. The number of hydrogen-bond acceptors (Lipinski definition) is 6. The third-order valence-corrected chi connectivity index (χ3v) is 4.26. The zero-order valence-corrected chi connectivity index (χ0v) is 15.5.